The molecule has 1 unspecified atom stereocenters. The minimum atomic E-state index is -0.888. The molecule has 0 spiro atoms. The predicted octanol–water partition coefficient (Wildman–Crippen LogP) is 3.69. The third-order valence-electron chi connectivity index (χ3n) is 5.95. The van der Waals surface area contributed by atoms with Crippen LogP contribution in [0.1, 0.15) is 45.5 Å². The molecule has 6 nitrogen and oxygen atoms in total. The number of aromatic nitrogens is 2. The summed E-state index contributed by atoms with van der Waals surface area (Å²) in [6, 6.07) is 8.05. The summed E-state index contributed by atoms with van der Waals surface area (Å²) in [6.07, 6.45) is 2.38. The molecule has 0 radical (unpaired) electrons. The van der Waals surface area contributed by atoms with E-state index in [0.717, 1.165) is 36.9 Å². The molecule has 2 aliphatic rings. The fourth-order valence-electron chi connectivity index (χ4n) is 4.36. The number of amides is 1. The minimum Gasteiger partial charge on any atom is -0.448 e. The molecule has 0 N–H and O–H groups in total. The van der Waals surface area contributed by atoms with Crippen molar-refractivity contribution in [3.63, 3.8) is 0 Å². The standard InChI is InChI=1S/C23H22FN3O3S/c1-14(22(28)26-11-9-20-15(13-26)10-12-31-20)30-23(29)21-18-3-2-4-19(18)27(25-21)17-7-5-16(24)6-8-17/h5-8,10,12,14H,2-4,9,11,13H2,1H3. The van der Waals surface area contributed by atoms with Crippen LogP contribution in [0.15, 0.2) is 35.7 Å². The molecule has 1 amide bonds. The van der Waals surface area contributed by atoms with Crippen molar-refractivity contribution in [3.05, 3.63) is 68.9 Å². The van der Waals surface area contributed by atoms with Gasteiger partial charge in [0.15, 0.2) is 11.8 Å². The topological polar surface area (TPSA) is 64.4 Å². The van der Waals surface area contributed by atoms with Crippen molar-refractivity contribution in [1.29, 1.82) is 0 Å². The third kappa shape index (κ3) is 3.65. The van der Waals surface area contributed by atoms with E-state index in [-0.39, 0.29) is 17.4 Å². The molecule has 160 valence electrons. The molecule has 1 aliphatic carbocycles. The van der Waals surface area contributed by atoms with E-state index < -0.39 is 12.1 Å². The molecular weight excluding hydrogens is 417 g/mol. The molecule has 0 saturated heterocycles. The van der Waals surface area contributed by atoms with Crippen molar-refractivity contribution in [1.82, 2.24) is 14.7 Å². The zero-order valence-electron chi connectivity index (χ0n) is 17.1. The lowest BCUT2D eigenvalue weighted by Crippen LogP contribution is -2.42. The second-order valence-electron chi connectivity index (χ2n) is 7.94. The van der Waals surface area contributed by atoms with Crippen LogP contribution >= 0.6 is 11.3 Å². The zero-order chi connectivity index (χ0) is 21.5. The summed E-state index contributed by atoms with van der Waals surface area (Å²) >= 11 is 1.71. The van der Waals surface area contributed by atoms with E-state index in [0.29, 0.717) is 18.8 Å². The number of benzene rings is 1. The Kier molecular flexibility index (Phi) is 5.09. The zero-order valence-corrected chi connectivity index (χ0v) is 18.0. The maximum atomic E-state index is 13.3. The first-order valence-corrected chi connectivity index (χ1v) is 11.3. The lowest BCUT2D eigenvalue weighted by atomic mass is 10.1. The van der Waals surface area contributed by atoms with Crippen molar-refractivity contribution >= 4 is 23.2 Å². The lowest BCUT2D eigenvalue weighted by Gasteiger charge is -2.29. The Labute approximate surface area is 183 Å². The van der Waals surface area contributed by atoms with E-state index in [4.69, 9.17) is 4.74 Å². The van der Waals surface area contributed by atoms with E-state index in [1.165, 1.54) is 22.6 Å². The molecule has 0 saturated carbocycles. The van der Waals surface area contributed by atoms with Crippen LogP contribution in [0.5, 0.6) is 0 Å². The Morgan fingerprint density at radius 2 is 1.97 bits per heavy atom. The highest BCUT2D eigenvalue weighted by molar-refractivity contribution is 7.10. The van der Waals surface area contributed by atoms with Gasteiger partial charge < -0.3 is 9.64 Å². The molecule has 3 aromatic rings. The number of nitrogens with zero attached hydrogens (tertiary/aromatic N) is 3. The van der Waals surface area contributed by atoms with Crippen LogP contribution in [0.25, 0.3) is 5.69 Å². The number of esters is 1. The molecular formula is C23H22FN3O3S. The van der Waals surface area contributed by atoms with Crippen molar-refractivity contribution in [2.45, 2.75) is 45.3 Å². The predicted molar refractivity (Wildman–Crippen MR) is 114 cm³/mol. The Morgan fingerprint density at radius 1 is 1.16 bits per heavy atom. The second kappa shape index (κ2) is 7.92. The van der Waals surface area contributed by atoms with Gasteiger partial charge in [-0.05, 0) is 73.9 Å². The summed E-state index contributed by atoms with van der Waals surface area (Å²) in [7, 11) is 0. The van der Waals surface area contributed by atoms with Gasteiger partial charge >= 0.3 is 5.97 Å². The van der Waals surface area contributed by atoms with E-state index in [1.807, 2.05) is 11.4 Å². The molecule has 3 heterocycles. The first kappa shape index (κ1) is 19.9. The number of carbonyl (C=O) groups is 2. The molecule has 8 heteroatoms. The van der Waals surface area contributed by atoms with Crippen molar-refractivity contribution < 1.29 is 18.7 Å². The summed E-state index contributed by atoms with van der Waals surface area (Å²) in [4.78, 5) is 28.9. The van der Waals surface area contributed by atoms with Gasteiger partial charge in [0.2, 0.25) is 0 Å². The number of hydrogen-bond donors (Lipinski definition) is 0. The van der Waals surface area contributed by atoms with Gasteiger partial charge in [-0.25, -0.2) is 13.9 Å². The summed E-state index contributed by atoms with van der Waals surface area (Å²) in [5, 5.41) is 6.52. The van der Waals surface area contributed by atoms with Gasteiger partial charge in [0.05, 0.1) is 5.69 Å². The van der Waals surface area contributed by atoms with E-state index in [9.17, 15) is 14.0 Å². The van der Waals surface area contributed by atoms with E-state index >= 15 is 0 Å². The van der Waals surface area contributed by atoms with Gasteiger partial charge in [-0.15, -0.1) is 11.3 Å². The summed E-state index contributed by atoms with van der Waals surface area (Å²) in [5.41, 5.74) is 3.91. The monoisotopic (exact) mass is 439 g/mol. The Hall–Kier alpha value is -3.00. The van der Waals surface area contributed by atoms with Crippen molar-refractivity contribution in [2.24, 2.45) is 0 Å². The lowest BCUT2D eigenvalue weighted by molar-refractivity contribution is -0.140. The molecule has 0 fully saturated rings. The molecule has 0 bridgehead atoms. The molecule has 1 aliphatic heterocycles. The molecule has 2 aromatic heterocycles. The average Bonchev–Trinajstić information content (AvgIpc) is 3.49. The largest absolute Gasteiger partial charge is 0.448 e. The molecule has 31 heavy (non-hydrogen) atoms. The van der Waals surface area contributed by atoms with Gasteiger partial charge in [0.25, 0.3) is 5.91 Å². The Morgan fingerprint density at radius 3 is 2.77 bits per heavy atom. The number of carbonyl (C=O) groups excluding carboxylic acids is 2. The SMILES string of the molecule is CC(OC(=O)c1nn(-c2ccc(F)cc2)c2c1CCC2)C(=O)N1CCc2sccc2C1. The van der Waals surface area contributed by atoms with Crippen LogP contribution in [0.3, 0.4) is 0 Å². The number of fused-ring (bicyclic) bond motifs is 2. The van der Waals surface area contributed by atoms with Crippen LogP contribution < -0.4 is 0 Å². The van der Waals surface area contributed by atoms with E-state index in [1.54, 1.807) is 40.0 Å². The summed E-state index contributed by atoms with van der Waals surface area (Å²) in [5.74, 6) is -1.11. The normalized spacial score (nSPS) is 16.0. The van der Waals surface area contributed by atoms with E-state index in [2.05, 4.69) is 5.10 Å². The summed E-state index contributed by atoms with van der Waals surface area (Å²) < 4.78 is 20.5. The van der Waals surface area contributed by atoms with Gasteiger partial charge in [0, 0.05) is 29.2 Å². The number of rotatable bonds is 4. The second-order valence-corrected chi connectivity index (χ2v) is 8.94. The van der Waals surface area contributed by atoms with Crippen molar-refractivity contribution in [2.75, 3.05) is 6.54 Å². The highest BCUT2D eigenvalue weighted by atomic mass is 32.1. The number of halogens is 1. The van der Waals surface area contributed by atoms with Crippen molar-refractivity contribution in [3.8, 4) is 5.69 Å². The highest BCUT2D eigenvalue weighted by Gasteiger charge is 2.32. The molecule has 1 atom stereocenters. The fourth-order valence-corrected chi connectivity index (χ4v) is 5.25. The van der Waals surface area contributed by atoms with Crippen LogP contribution in [0.2, 0.25) is 0 Å². The van der Waals surface area contributed by atoms with Gasteiger partial charge in [-0.1, -0.05) is 0 Å². The van der Waals surface area contributed by atoms with Gasteiger partial charge in [0.1, 0.15) is 5.82 Å². The average molecular weight is 440 g/mol. The number of hydrogen-bond acceptors (Lipinski definition) is 5. The minimum absolute atomic E-state index is 0.195. The van der Waals surface area contributed by atoms with Crippen LogP contribution in [-0.2, 0) is 35.3 Å². The fraction of sp³-hybridized carbons (Fsp3) is 0.348. The van der Waals surface area contributed by atoms with Gasteiger partial charge in [-0.2, -0.15) is 5.10 Å². The van der Waals surface area contributed by atoms with Crippen LogP contribution in [0, 0.1) is 5.82 Å². The van der Waals surface area contributed by atoms with Crippen LogP contribution in [0.4, 0.5) is 4.39 Å². The van der Waals surface area contributed by atoms with Gasteiger partial charge in [-0.3, -0.25) is 4.79 Å². The molecule has 5 rings (SSSR count). The first-order chi connectivity index (χ1) is 15.0. The highest BCUT2D eigenvalue weighted by Crippen LogP contribution is 2.29. The Balaban J connectivity index is 1.33. The third-order valence-corrected chi connectivity index (χ3v) is 6.97. The quantitative estimate of drug-likeness (QED) is 0.582. The summed E-state index contributed by atoms with van der Waals surface area (Å²) in [6.45, 7) is 2.79. The first-order valence-electron chi connectivity index (χ1n) is 10.4. The smallest absolute Gasteiger partial charge is 0.359 e. The molecule has 1 aromatic carbocycles. The number of thiophene rings is 1. The maximum Gasteiger partial charge on any atom is 0.359 e. The van der Waals surface area contributed by atoms with Crippen LogP contribution in [-0.4, -0.2) is 39.2 Å². The Bertz CT molecular complexity index is 1150. The maximum absolute atomic E-state index is 13.3. The number of ether oxygens (including phenoxy) is 1.